The third-order valence-electron chi connectivity index (χ3n) is 3.10. The van der Waals surface area contributed by atoms with Crippen molar-refractivity contribution in [3.8, 4) is 5.75 Å². The maximum Gasteiger partial charge on any atom is 0.240 e. The summed E-state index contributed by atoms with van der Waals surface area (Å²) in [6.07, 6.45) is 4.28. The van der Waals surface area contributed by atoms with E-state index in [2.05, 4.69) is 9.71 Å². The molecule has 6 heteroatoms. The van der Waals surface area contributed by atoms with Gasteiger partial charge in [-0.2, -0.15) is 0 Å². The number of benzene rings is 1. The zero-order chi connectivity index (χ0) is 13.3. The predicted molar refractivity (Wildman–Crippen MR) is 70.5 cm³/mol. The maximum absolute atomic E-state index is 12.2. The van der Waals surface area contributed by atoms with Gasteiger partial charge in [0.1, 0.15) is 5.75 Å². The Morgan fingerprint density at radius 2 is 2.21 bits per heavy atom. The quantitative estimate of drug-likeness (QED) is 0.888. The highest BCUT2D eigenvalue weighted by molar-refractivity contribution is 7.89. The van der Waals surface area contributed by atoms with Gasteiger partial charge in [0.15, 0.2) is 0 Å². The van der Waals surface area contributed by atoms with Crippen molar-refractivity contribution >= 4 is 10.0 Å². The Morgan fingerprint density at radius 1 is 1.32 bits per heavy atom. The smallest absolute Gasteiger partial charge is 0.240 e. The van der Waals surface area contributed by atoms with E-state index in [0.29, 0.717) is 6.61 Å². The Labute approximate surface area is 111 Å². The molecule has 1 aromatic heterocycles. The van der Waals surface area contributed by atoms with Crippen molar-refractivity contribution in [3.05, 3.63) is 47.8 Å². The molecule has 2 aromatic rings. The molecule has 5 nitrogen and oxygen atoms in total. The normalized spacial score (nSPS) is 14.1. The van der Waals surface area contributed by atoms with Gasteiger partial charge in [0.2, 0.25) is 10.0 Å². The summed E-state index contributed by atoms with van der Waals surface area (Å²) in [4.78, 5) is 3.17. The molecule has 2 N–H and O–H groups in total. The van der Waals surface area contributed by atoms with E-state index >= 15 is 0 Å². The first kappa shape index (κ1) is 12.3. The third-order valence-corrected chi connectivity index (χ3v) is 4.50. The number of fused-ring (bicyclic) bond motifs is 1. The third kappa shape index (κ3) is 2.50. The van der Waals surface area contributed by atoms with Crippen molar-refractivity contribution < 1.29 is 13.2 Å². The Hall–Kier alpha value is -1.79. The minimum atomic E-state index is -3.48. The van der Waals surface area contributed by atoms with Crippen LogP contribution in [0, 0.1) is 0 Å². The van der Waals surface area contributed by atoms with E-state index in [1.54, 1.807) is 30.6 Å². The highest BCUT2D eigenvalue weighted by Crippen LogP contribution is 2.27. The lowest BCUT2D eigenvalue weighted by molar-refractivity contribution is 0.356. The fourth-order valence-corrected chi connectivity index (χ4v) is 3.13. The summed E-state index contributed by atoms with van der Waals surface area (Å²) in [5.74, 6) is 0.782. The molecular weight excluding hydrogens is 264 g/mol. The minimum absolute atomic E-state index is 0.277. The van der Waals surface area contributed by atoms with Gasteiger partial charge in [-0.05, 0) is 35.4 Å². The summed E-state index contributed by atoms with van der Waals surface area (Å²) in [6, 6.07) is 6.80. The standard InChI is InChI=1S/C13H14N2O3S/c16-19(17,15-9-10-3-5-14-8-10)12-1-2-13-11(7-12)4-6-18-13/h1-3,5,7-8,14-15H,4,6,9H2. The van der Waals surface area contributed by atoms with Crippen LogP contribution in [0.2, 0.25) is 0 Å². The Balaban J connectivity index is 1.80. The highest BCUT2D eigenvalue weighted by atomic mass is 32.2. The van der Waals surface area contributed by atoms with Crippen molar-refractivity contribution in [2.24, 2.45) is 0 Å². The number of sulfonamides is 1. The maximum atomic E-state index is 12.2. The molecular formula is C13H14N2O3S. The average Bonchev–Trinajstić information content (AvgIpc) is 3.06. The van der Waals surface area contributed by atoms with Gasteiger partial charge in [0, 0.05) is 25.4 Å². The van der Waals surface area contributed by atoms with E-state index in [1.807, 2.05) is 6.07 Å². The molecule has 0 unspecified atom stereocenters. The topological polar surface area (TPSA) is 71.2 Å². The summed E-state index contributed by atoms with van der Waals surface area (Å²) < 4.78 is 32.3. The van der Waals surface area contributed by atoms with Gasteiger partial charge in [-0.25, -0.2) is 13.1 Å². The van der Waals surface area contributed by atoms with Gasteiger partial charge in [0.05, 0.1) is 11.5 Å². The van der Waals surface area contributed by atoms with Gasteiger partial charge < -0.3 is 9.72 Å². The molecule has 0 amide bonds. The SMILES string of the molecule is O=S(=O)(NCc1cc[nH]c1)c1ccc2c(c1)CCO2. The molecule has 1 aromatic carbocycles. The number of nitrogens with one attached hydrogen (secondary N) is 2. The first-order chi connectivity index (χ1) is 9.15. The van der Waals surface area contributed by atoms with E-state index in [9.17, 15) is 8.42 Å². The van der Waals surface area contributed by atoms with Crippen molar-refractivity contribution in [1.29, 1.82) is 0 Å². The number of rotatable bonds is 4. The zero-order valence-electron chi connectivity index (χ0n) is 10.2. The largest absolute Gasteiger partial charge is 0.493 e. The number of hydrogen-bond donors (Lipinski definition) is 2. The second kappa shape index (κ2) is 4.71. The summed E-state index contributed by atoms with van der Waals surface area (Å²) in [5.41, 5.74) is 1.84. The monoisotopic (exact) mass is 278 g/mol. The molecule has 0 bridgehead atoms. The summed E-state index contributed by atoms with van der Waals surface area (Å²) in [7, 11) is -3.48. The molecule has 0 spiro atoms. The van der Waals surface area contributed by atoms with Gasteiger partial charge in [-0.15, -0.1) is 0 Å². The molecule has 19 heavy (non-hydrogen) atoms. The predicted octanol–water partition coefficient (Wildman–Crippen LogP) is 1.43. The van der Waals surface area contributed by atoms with Crippen LogP contribution in [0.25, 0.3) is 0 Å². The van der Waals surface area contributed by atoms with Crippen LogP contribution < -0.4 is 9.46 Å². The van der Waals surface area contributed by atoms with Crippen LogP contribution >= 0.6 is 0 Å². The fraction of sp³-hybridized carbons (Fsp3) is 0.231. The second-order valence-electron chi connectivity index (χ2n) is 4.41. The first-order valence-corrected chi connectivity index (χ1v) is 7.50. The summed E-state index contributed by atoms with van der Waals surface area (Å²) in [5, 5.41) is 0. The lowest BCUT2D eigenvalue weighted by Crippen LogP contribution is -2.23. The van der Waals surface area contributed by atoms with Gasteiger partial charge in [-0.1, -0.05) is 0 Å². The lowest BCUT2D eigenvalue weighted by Gasteiger charge is -2.07. The lowest BCUT2D eigenvalue weighted by atomic mass is 10.2. The highest BCUT2D eigenvalue weighted by Gasteiger charge is 2.18. The number of aromatic nitrogens is 1. The van der Waals surface area contributed by atoms with E-state index < -0.39 is 10.0 Å². The Morgan fingerprint density at radius 3 is 3.00 bits per heavy atom. The van der Waals surface area contributed by atoms with Crippen LogP contribution in [0.15, 0.2) is 41.6 Å². The summed E-state index contributed by atoms with van der Waals surface area (Å²) >= 11 is 0. The van der Waals surface area contributed by atoms with Crippen LogP contribution in [0.3, 0.4) is 0 Å². The van der Waals surface area contributed by atoms with Gasteiger partial charge >= 0.3 is 0 Å². The molecule has 2 heterocycles. The Kier molecular flexibility index (Phi) is 3.04. The molecule has 1 aliphatic rings. The van der Waals surface area contributed by atoms with Gasteiger partial charge in [0.25, 0.3) is 0 Å². The van der Waals surface area contributed by atoms with E-state index in [1.165, 1.54) is 0 Å². The number of H-pyrrole nitrogens is 1. The number of ether oxygens (including phenoxy) is 1. The van der Waals surface area contributed by atoms with Gasteiger partial charge in [-0.3, -0.25) is 0 Å². The van der Waals surface area contributed by atoms with Crippen LogP contribution in [0.5, 0.6) is 5.75 Å². The van der Waals surface area contributed by atoms with Crippen LogP contribution in [-0.2, 0) is 23.0 Å². The molecule has 0 aliphatic carbocycles. The zero-order valence-corrected chi connectivity index (χ0v) is 11.0. The average molecular weight is 278 g/mol. The molecule has 0 fully saturated rings. The van der Waals surface area contributed by atoms with Crippen molar-refractivity contribution in [2.75, 3.05) is 6.61 Å². The number of hydrogen-bond acceptors (Lipinski definition) is 3. The number of aromatic amines is 1. The fourth-order valence-electron chi connectivity index (χ4n) is 2.06. The molecule has 1 aliphatic heterocycles. The minimum Gasteiger partial charge on any atom is -0.493 e. The molecule has 100 valence electrons. The first-order valence-electron chi connectivity index (χ1n) is 6.02. The van der Waals surface area contributed by atoms with Crippen LogP contribution in [-0.4, -0.2) is 20.0 Å². The second-order valence-corrected chi connectivity index (χ2v) is 6.18. The molecule has 0 atom stereocenters. The molecule has 0 radical (unpaired) electrons. The van der Waals surface area contributed by atoms with Crippen molar-refractivity contribution in [3.63, 3.8) is 0 Å². The van der Waals surface area contributed by atoms with Crippen LogP contribution in [0.4, 0.5) is 0 Å². The van der Waals surface area contributed by atoms with E-state index in [0.717, 1.165) is 23.3 Å². The van der Waals surface area contributed by atoms with E-state index in [4.69, 9.17) is 4.74 Å². The molecule has 0 saturated carbocycles. The summed E-state index contributed by atoms with van der Waals surface area (Å²) in [6.45, 7) is 0.898. The van der Waals surface area contributed by atoms with E-state index in [-0.39, 0.29) is 11.4 Å². The van der Waals surface area contributed by atoms with Crippen molar-refractivity contribution in [2.45, 2.75) is 17.9 Å². The Bertz CT molecular complexity index is 678. The molecule has 0 saturated heterocycles. The van der Waals surface area contributed by atoms with Crippen molar-refractivity contribution in [1.82, 2.24) is 9.71 Å². The molecule has 3 rings (SSSR count). The van der Waals surface area contributed by atoms with Crippen LogP contribution in [0.1, 0.15) is 11.1 Å².